The summed E-state index contributed by atoms with van der Waals surface area (Å²) in [6, 6.07) is -0.0749. The molecule has 0 rings (SSSR count). The number of hydrogen-bond acceptors (Lipinski definition) is 3. The number of carbonyl (C=O) groups excluding carboxylic acids is 1. The highest BCUT2D eigenvalue weighted by Crippen LogP contribution is 2.01. The summed E-state index contributed by atoms with van der Waals surface area (Å²) >= 11 is 0. The minimum atomic E-state index is -0.0749. The number of aliphatic hydroxyl groups is 1. The molecule has 0 spiro atoms. The van der Waals surface area contributed by atoms with E-state index in [4.69, 9.17) is 10.8 Å². The largest absolute Gasteiger partial charge is 0.396 e. The number of aliphatic hydroxyl groups excluding tert-OH is 1. The summed E-state index contributed by atoms with van der Waals surface area (Å²) in [6.07, 6.45) is 0.964. The lowest BCUT2D eigenvalue weighted by Gasteiger charge is -2.14. The van der Waals surface area contributed by atoms with Gasteiger partial charge >= 0.3 is 0 Å². The van der Waals surface area contributed by atoms with E-state index in [-0.39, 0.29) is 18.6 Å². The van der Waals surface area contributed by atoms with Crippen molar-refractivity contribution in [2.45, 2.75) is 32.7 Å². The molecule has 1 amide bonds. The Balaban J connectivity index is 3.50. The molecule has 0 aromatic carbocycles. The van der Waals surface area contributed by atoms with Crippen molar-refractivity contribution in [2.75, 3.05) is 13.2 Å². The highest BCUT2D eigenvalue weighted by molar-refractivity contribution is 5.76. The topological polar surface area (TPSA) is 75.4 Å². The molecule has 4 nitrogen and oxygen atoms in total. The third kappa shape index (κ3) is 6.54. The Hall–Kier alpha value is -0.610. The average molecular weight is 188 g/mol. The lowest BCUT2D eigenvalue weighted by Crippen LogP contribution is -2.35. The van der Waals surface area contributed by atoms with Gasteiger partial charge in [0.1, 0.15) is 0 Å². The molecule has 1 unspecified atom stereocenters. The number of nitrogens with two attached hydrogens (primary N) is 1. The fraction of sp³-hybridized carbons (Fsp3) is 0.889. The predicted molar refractivity (Wildman–Crippen MR) is 52.1 cm³/mol. The zero-order chi connectivity index (χ0) is 10.3. The number of hydrogen-bond donors (Lipinski definition) is 3. The Bertz CT molecular complexity index is 149. The van der Waals surface area contributed by atoms with Crippen LogP contribution in [0.5, 0.6) is 0 Å². The zero-order valence-electron chi connectivity index (χ0n) is 8.42. The molecule has 78 valence electrons. The Labute approximate surface area is 79.5 Å². The summed E-state index contributed by atoms with van der Waals surface area (Å²) in [5, 5.41) is 11.2. The van der Waals surface area contributed by atoms with Crippen molar-refractivity contribution < 1.29 is 9.90 Å². The average Bonchev–Trinajstić information content (AvgIpc) is 2.04. The molecule has 13 heavy (non-hydrogen) atoms. The van der Waals surface area contributed by atoms with Crippen LogP contribution in [-0.2, 0) is 4.79 Å². The Morgan fingerprint density at radius 1 is 1.54 bits per heavy atom. The van der Waals surface area contributed by atoms with E-state index in [2.05, 4.69) is 5.32 Å². The van der Waals surface area contributed by atoms with Gasteiger partial charge in [0.2, 0.25) is 5.91 Å². The lowest BCUT2D eigenvalue weighted by molar-refractivity contribution is -0.121. The monoisotopic (exact) mass is 188 g/mol. The number of carbonyl (C=O) groups is 1. The molecular weight excluding hydrogens is 168 g/mol. The van der Waals surface area contributed by atoms with E-state index in [1.54, 1.807) is 0 Å². The second-order valence-electron chi connectivity index (χ2n) is 3.54. The second-order valence-corrected chi connectivity index (χ2v) is 3.54. The Morgan fingerprint density at radius 3 is 2.62 bits per heavy atom. The molecule has 0 bridgehead atoms. The van der Waals surface area contributed by atoms with Crippen molar-refractivity contribution in [2.24, 2.45) is 11.7 Å². The van der Waals surface area contributed by atoms with E-state index in [1.165, 1.54) is 0 Å². The SMILES string of the molecule is CC(C)C(N)CC(=O)NCCCO. The van der Waals surface area contributed by atoms with Crippen LogP contribution in [0.4, 0.5) is 0 Å². The highest BCUT2D eigenvalue weighted by Gasteiger charge is 2.11. The zero-order valence-corrected chi connectivity index (χ0v) is 8.42. The number of rotatable bonds is 6. The van der Waals surface area contributed by atoms with Crippen molar-refractivity contribution in [1.82, 2.24) is 5.32 Å². The molecule has 0 aliphatic rings. The number of nitrogens with one attached hydrogen (secondary N) is 1. The van der Waals surface area contributed by atoms with E-state index in [0.717, 1.165) is 0 Å². The molecule has 4 heteroatoms. The van der Waals surface area contributed by atoms with Crippen molar-refractivity contribution >= 4 is 5.91 Å². The molecule has 0 saturated heterocycles. The third-order valence-corrected chi connectivity index (χ3v) is 1.93. The Morgan fingerprint density at radius 2 is 2.15 bits per heavy atom. The molecule has 0 radical (unpaired) electrons. The molecule has 0 aliphatic carbocycles. The van der Waals surface area contributed by atoms with Gasteiger partial charge in [0.15, 0.2) is 0 Å². The van der Waals surface area contributed by atoms with Crippen LogP contribution in [0, 0.1) is 5.92 Å². The van der Waals surface area contributed by atoms with Crippen LogP contribution < -0.4 is 11.1 Å². The molecule has 0 aromatic heterocycles. The van der Waals surface area contributed by atoms with Gasteiger partial charge in [0, 0.05) is 25.6 Å². The molecule has 0 heterocycles. The van der Waals surface area contributed by atoms with Crippen LogP contribution in [-0.4, -0.2) is 30.2 Å². The van der Waals surface area contributed by atoms with Crippen LogP contribution in [0.3, 0.4) is 0 Å². The first-order chi connectivity index (χ1) is 6.07. The van der Waals surface area contributed by atoms with Gasteiger partial charge in [-0.1, -0.05) is 13.8 Å². The second kappa shape index (κ2) is 6.86. The molecule has 0 saturated carbocycles. The summed E-state index contributed by atoms with van der Waals surface area (Å²) in [7, 11) is 0. The summed E-state index contributed by atoms with van der Waals surface area (Å²) in [5.74, 6) is 0.290. The molecular formula is C9H20N2O2. The van der Waals surface area contributed by atoms with Gasteiger partial charge < -0.3 is 16.2 Å². The van der Waals surface area contributed by atoms with Crippen molar-refractivity contribution in [1.29, 1.82) is 0 Å². The standard InChI is InChI=1S/C9H20N2O2/c1-7(2)8(10)6-9(13)11-4-3-5-12/h7-8,12H,3-6,10H2,1-2H3,(H,11,13). The van der Waals surface area contributed by atoms with E-state index < -0.39 is 0 Å². The molecule has 0 aromatic rings. The molecule has 1 atom stereocenters. The first-order valence-corrected chi connectivity index (χ1v) is 4.71. The summed E-state index contributed by atoms with van der Waals surface area (Å²) in [4.78, 5) is 11.2. The van der Waals surface area contributed by atoms with Gasteiger partial charge in [0.25, 0.3) is 0 Å². The molecule has 4 N–H and O–H groups in total. The van der Waals surface area contributed by atoms with Crippen LogP contribution in [0.15, 0.2) is 0 Å². The van der Waals surface area contributed by atoms with Gasteiger partial charge in [-0.15, -0.1) is 0 Å². The predicted octanol–water partition coefficient (Wildman–Crippen LogP) is -0.142. The van der Waals surface area contributed by atoms with Crippen LogP contribution in [0.2, 0.25) is 0 Å². The van der Waals surface area contributed by atoms with Crippen LogP contribution in [0.25, 0.3) is 0 Å². The minimum absolute atomic E-state index is 0.0327. The van der Waals surface area contributed by atoms with Gasteiger partial charge in [-0.25, -0.2) is 0 Å². The lowest BCUT2D eigenvalue weighted by atomic mass is 10.0. The van der Waals surface area contributed by atoms with Gasteiger partial charge in [-0.3, -0.25) is 4.79 Å². The fourth-order valence-electron chi connectivity index (χ4n) is 0.829. The normalized spacial score (nSPS) is 13.0. The number of amides is 1. The van der Waals surface area contributed by atoms with Gasteiger partial charge in [0.05, 0.1) is 0 Å². The maximum atomic E-state index is 11.2. The minimum Gasteiger partial charge on any atom is -0.396 e. The fourth-order valence-corrected chi connectivity index (χ4v) is 0.829. The Kier molecular flexibility index (Phi) is 6.54. The third-order valence-electron chi connectivity index (χ3n) is 1.93. The summed E-state index contributed by atoms with van der Waals surface area (Å²) in [5.41, 5.74) is 5.71. The van der Waals surface area contributed by atoms with Crippen LogP contribution >= 0.6 is 0 Å². The van der Waals surface area contributed by atoms with E-state index in [1.807, 2.05) is 13.8 Å². The van der Waals surface area contributed by atoms with Gasteiger partial charge in [-0.2, -0.15) is 0 Å². The first-order valence-electron chi connectivity index (χ1n) is 4.71. The highest BCUT2D eigenvalue weighted by atomic mass is 16.3. The van der Waals surface area contributed by atoms with E-state index in [9.17, 15) is 4.79 Å². The maximum Gasteiger partial charge on any atom is 0.221 e. The van der Waals surface area contributed by atoms with Crippen molar-refractivity contribution in [3.05, 3.63) is 0 Å². The molecule has 0 fully saturated rings. The first kappa shape index (κ1) is 12.4. The smallest absolute Gasteiger partial charge is 0.221 e. The van der Waals surface area contributed by atoms with E-state index in [0.29, 0.717) is 25.3 Å². The van der Waals surface area contributed by atoms with Crippen molar-refractivity contribution in [3.8, 4) is 0 Å². The van der Waals surface area contributed by atoms with Gasteiger partial charge in [-0.05, 0) is 12.3 Å². The van der Waals surface area contributed by atoms with Crippen LogP contribution in [0.1, 0.15) is 26.7 Å². The summed E-state index contributed by atoms with van der Waals surface area (Å²) in [6.45, 7) is 4.62. The quantitative estimate of drug-likeness (QED) is 0.508. The molecule has 0 aliphatic heterocycles. The van der Waals surface area contributed by atoms with E-state index >= 15 is 0 Å². The van der Waals surface area contributed by atoms with Crippen molar-refractivity contribution in [3.63, 3.8) is 0 Å². The summed E-state index contributed by atoms with van der Waals surface area (Å²) < 4.78 is 0. The maximum absolute atomic E-state index is 11.2.